The van der Waals surface area contributed by atoms with Crippen molar-refractivity contribution in [2.75, 3.05) is 32.7 Å². The van der Waals surface area contributed by atoms with Gasteiger partial charge in [-0.15, -0.1) is 0 Å². The van der Waals surface area contributed by atoms with Crippen molar-refractivity contribution < 1.29 is 14.7 Å². The molecule has 1 amide bonds. The van der Waals surface area contributed by atoms with Crippen molar-refractivity contribution in [3.63, 3.8) is 0 Å². The zero-order valence-corrected chi connectivity index (χ0v) is 16.8. The van der Waals surface area contributed by atoms with E-state index in [4.69, 9.17) is 0 Å². The third kappa shape index (κ3) is 4.90. The zero-order chi connectivity index (χ0) is 20.1. The molecule has 3 rings (SSSR count). The predicted molar refractivity (Wildman–Crippen MR) is 111 cm³/mol. The third-order valence-corrected chi connectivity index (χ3v) is 6.06. The summed E-state index contributed by atoms with van der Waals surface area (Å²) in [5, 5.41) is 9.58. The second-order valence-electron chi connectivity index (χ2n) is 7.96. The van der Waals surface area contributed by atoms with Gasteiger partial charge in [0.2, 0.25) is 5.91 Å². The van der Waals surface area contributed by atoms with Crippen LogP contribution in [0.1, 0.15) is 32.3 Å². The van der Waals surface area contributed by atoms with Gasteiger partial charge < -0.3 is 10.0 Å². The van der Waals surface area contributed by atoms with E-state index >= 15 is 0 Å². The molecule has 1 heterocycles. The lowest BCUT2D eigenvalue weighted by molar-refractivity contribution is -0.151. The van der Waals surface area contributed by atoms with Gasteiger partial charge >= 0.3 is 5.97 Å². The molecular weight excluding hydrogens is 352 g/mol. The van der Waals surface area contributed by atoms with Crippen molar-refractivity contribution in [2.45, 2.75) is 26.7 Å². The van der Waals surface area contributed by atoms with Crippen LogP contribution in [0.5, 0.6) is 0 Å². The van der Waals surface area contributed by atoms with E-state index in [1.165, 1.54) is 11.1 Å². The number of nitrogens with zero attached hydrogens (tertiary/aromatic N) is 2. The molecule has 1 aromatic rings. The number of hydrogen-bond acceptors (Lipinski definition) is 3. The van der Waals surface area contributed by atoms with Gasteiger partial charge in [-0.1, -0.05) is 53.6 Å². The van der Waals surface area contributed by atoms with Crippen LogP contribution < -0.4 is 0 Å². The van der Waals surface area contributed by atoms with E-state index in [9.17, 15) is 14.7 Å². The number of benzene rings is 1. The minimum absolute atomic E-state index is 0.0127. The summed E-state index contributed by atoms with van der Waals surface area (Å²) in [4.78, 5) is 28.9. The number of allylic oxidation sites excluding steroid dienone is 2. The number of rotatable bonds is 5. The van der Waals surface area contributed by atoms with Gasteiger partial charge in [0.15, 0.2) is 0 Å². The molecule has 0 bridgehead atoms. The van der Waals surface area contributed by atoms with Crippen molar-refractivity contribution in [1.29, 1.82) is 0 Å². The molecule has 1 fully saturated rings. The molecule has 1 aliphatic heterocycles. The van der Waals surface area contributed by atoms with Crippen LogP contribution in [-0.4, -0.2) is 59.5 Å². The van der Waals surface area contributed by atoms with E-state index in [-0.39, 0.29) is 5.91 Å². The van der Waals surface area contributed by atoms with Crippen molar-refractivity contribution >= 4 is 18.0 Å². The summed E-state index contributed by atoms with van der Waals surface area (Å²) in [6.45, 7) is 7.84. The van der Waals surface area contributed by atoms with Crippen molar-refractivity contribution in [2.24, 2.45) is 11.8 Å². The van der Waals surface area contributed by atoms with Crippen molar-refractivity contribution in [1.82, 2.24) is 9.80 Å². The standard InChI is InChI=1S/C23H30N2O3/c1-17-15-20(21(23(27)28)16-18(17)2)22(26)25-13-11-24(12-14-25)10-6-9-19-7-4-3-5-8-19/h3-9,20-21H,10-16H2,1-2H3,(H,27,28)/b9-6-/t20-,21+/m0/s1. The molecule has 1 aromatic carbocycles. The normalized spacial score (nSPS) is 24.0. The van der Waals surface area contributed by atoms with E-state index in [1.54, 1.807) is 0 Å². The number of carbonyl (C=O) groups excluding carboxylic acids is 1. The highest BCUT2D eigenvalue weighted by atomic mass is 16.4. The molecule has 28 heavy (non-hydrogen) atoms. The molecule has 150 valence electrons. The largest absolute Gasteiger partial charge is 0.481 e. The van der Waals surface area contributed by atoms with E-state index in [0.29, 0.717) is 25.9 Å². The summed E-state index contributed by atoms with van der Waals surface area (Å²) in [5.41, 5.74) is 3.47. The highest BCUT2D eigenvalue weighted by Crippen LogP contribution is 2.35. The van der Waals surface area contributed by atoms with Gasteiger partial charge in [0, 0.05) is 32.7 Å². The Morgan fingerprint density at radius 3 is 2.21 bits per heavy atom. The molecule has 2 atom stereocenters. The smallest absolute Gasteiger partial charge is 0.307 e. The highest BCUT2D eigenvalue weighted by Gasteiger charge is 2.39. The SMILES string of the molecule is CC1=C(C)C[C@@H](C(=O)O)[C@@H](C(=O)N2CCN(C/C=C\c3ccccc3)CC2)C1. The Bertz CT molecular complexity index is 761. The molecular formula is C23H30N2O3. The minimum atomic E-state index is -0.852. The quantitative estimate of drug-likeness (QED) is 0.794. The van der Waals surface area contributed by atoms with E-state index in [0.717, 1.165) is 25.2 Å². The molecule has 1 saturated heterocycles. The van der Waals surface area contributed by atoms with Gasteiger partial charge in [0.1, 0.15) is 0 Å². The predicted octanol–water partition coefficient (Wildman–Crippen LogP) is 3.29. The van der Waals surface area contributed by atoms with Gasteiger partial charge in [-0.25, -0.2) is 0 Å². The van der Waals surface area contributed by atoms with Crippen molar-refractivity contribution in [3.8, 4) is 0 Å². The first kappa shape index (κ1) is 20.3. The van der Waals surface area contributed by atoms with Gasteiger partial charge in [-0.3, -0.25) is 14.5 Å². The van der Waals surface area contributed by atoms with Crippen LogP contribution in [0.3, 0.4) is 0 Å². The molecule has 2 aliphatic rings. The highest BCUT2D eigenvalue weighted by molar-refractivity contribution is 5.85. The van der Waals surface area contributed by atoms with Crippen LogP contribution in [-0.2, 0) is 9.59 Å². The first-order chi connectivity index (χ1) is 13.5. The van der Waals surface area contributed by atoms with Crippen LogP contribution in [0.15, 0.2) is 47.6 Å². The summed E-state index contributed by atoms with van der Waals surface area (Å²) in [6.07, 6.45) is 5.34. The Morgan fingerprint density at radius 1 is 1.00 bits per heavy atom. The van der Waals surface area contributed by atoms with Gasteiger partial charge in [0.25, 0.3) is 0 Å². The van der Waals surface area contributed by atoms with Gasteiger partial charge in [0.05, 0.1) is 11.8 Å². The lowest BCUT2D eigenvalue weighted by atomic mass is 9.76. The number of carbonyl (C=O) groups is 2. The Labute approximate surface area is 167 Å². The molecule has 1 N–H and O–H groups in total. The summed E-state index contributed by atoms with van der Waals surface area (Å²) in [5.74, 6) is -1.86. The Morgan fingerprint density at radius 2 is 1.61 bits per heavy atom. The van der Waals surface area contributed by atoms with Crippen LogP contribution in [0.2, 0.25) is 0 Å². The Kier molecular flexibility index (Phi) is 6.68. The molecule has 1 aliphatic carbocycles. The van der Waals surface area contributed by atoms with Crippen LogP contribution in [0, 0.1) is 11.8 Å². The summed E-state index contributed by atoms with van der Waals surface area (Å²) >= 11 is 0. The second kappa shape index (κ2) is 9.20. The van der Waals surface area contributed by atoms with Gasteiger partial charge in [-0.05, 0) is 32.3 Å². The molecule has 0 spiro atoms. The first-order valence-corrected chi connectivity index (χ1v) is 10.1. The van der Waals surface area contributed by atoms with Crippen LogP contribution in [0.4, 0.5) is 0 Å². The fraction of sp³-hybridized carbons (Fsp3) is 0.478. The average Bonchev–Trinajstić information content (AvgIpc) is 2.70. The number of carboxylic acids is 1. The van der Waals surface area contributed by atoms with Gasteiger partial charge in [-0.2, -0.15) is 0 Å². The van der Waals surface area contributed by atoms with E-state index in [2.05, 4.69) is 29.2 Å². The zero-order valence-electron chi connectivity index (χ0n) is 16.8. The monoisotopic (exact) mass is 382 g/mol. The Balaban J connectivity index is 1.53. The van der Waals surface area contributed by atoms with Crippen LogP contribution in [0.25, 0.3) is 6.08 Å². The molecule has 0 aromatic heterocycles. The first-order valence-electron chi connectivity index (χ1n) is 10.1. The number of piperazine rings is 1. The lowest BCUT2D eigenvalue weighted by Crippen LogP contribution is -2.52. The maximum Gasteiger partial charge on any atom is 0.307 e. The molecule has 0 saturated carbocycles. The summed E-state index contributed by atoms with van der Waals surface area (Å²) in [6, 6.07) is 10.2. The number of hydrogen-bond donors (Lipinski definition) is 1. The number of aliphatic carboxylic acids is 1. The minimum Gasteiger partial charge on any atom is -0.481 e. The van der Waals surface area contributed by atoms with Crippen molar-refractivity contribution in [3.05, 3.63) is 53.1 Å². The molecule has 5 nitrogen and oxygen atoms in total. The second-order valence-corrected chi connectivity index (χ2v) is 7.96. The number of amides is 1. The molecule has 0 unspecified atom stereocenters. The Hall–Kier alpha value is -2.40. The molecule has 0 radical (unpaired) electrons. The lowest BCUT2D eigenvalue weighted by Gasteiger charge is -2.38. The third-order valence-electron chi connectivity index (χ3n) is 6.06. The fourth-order valence-electron chi connectivity index (χ4n) is 4.10. The van der Waals surface area contributed by atoms with Crippen LogP contribution >= 0.6 is 0 Å². The summed E-state index contributed by atoms with van der Waals surface area (Å²) in [7, 11) is 0. The maximum atomic E-state index is 13.0. The average molecular weight is 383 g/mol. The number of carboxylic acid groups (broad SMARTS) is 1. The fourth-order valence-corrected chi connectivity index (χ4v) is 4.10. The maximum absolute atomic E-state index is 13.0. The van der Waals surface area contributed by atoms with E-state index < -0.39 is 17.8 Å². The topological polar surface area (TPSA) is 60.9 Å². The summed E-state index contributed by atoms with van der Waals surface area (Å²) < 4.78 is 0. The van der Waals surface area contributed by atoms with E-state index in [1.807, 2.05) is 36.9 Å². The molecule has 5 heteroatoms.